The van der Waals surface area contributed by atoms with Gasteiger partial charge in [-0.15, -0.1) is 0 Å². The number of carbonyl (C=O) groups excluding carboxylic acids is 6. The Bertz CT molecular complexity index is 1340. The summed E-state index contributed by atoms with van der Waals surface area (Å²) < 4.78 is 21.3. The molecule has 0 aliphatic rings. The van der Waals surface area contributed by atoms with Gasteiger partial charge >= 0.3 is 11.9 Å². The molecular formula is C47H86N6O14. The molecule has 0 aromatic carbocycles. The molecule has 0 saturated heterocycles. The van der Waals surface area contributed by atoms with E-state index in [4.69, 9.17) is 24.1 Å². The Hall–Kier alpha value is -4.40. The lowest BCUT2D eigenvalue weighted by atomic mass is 10.0. The van der Waals surface area contributed by atoms with Gasteiger partial charge in [0.1, 0.15) is 19.3 Å². The molecule has 0 aliphatic carbocycles. The van der Waals surface area contributed by atoms with E-state index in [-0.39, 0.29) is 108 Å². The van der Waals surface area contributed by atoms with Gasteiger partial charge in [0.25, 0.3) is 0 Å². The minimum absolute atomic E-state index is 0.0153. The number of carboxylic acids is 2. The van der Waals surface area contributed by atoms with Crippen LogP contribution in [0.25, 0.3) is 0 Å². The molecule has 388 valence electrons. The third-order valence-electron chi connectivity index (χ3n) is 10.3. The quantitative estimate of drug-likeness (QED) is 0.0404. The Kier molecular flexibility index (Phi) is 43.6. The number of hydrogen-bond donors (Lipinski definition) is 8. The Morgan fingerprint density at radius 2 is 0.731 bits per heavy atom. The second-order valence-corrected chi connectivity index (χ2v) is 16.5. The predicted octanol–water partition coefficient (Wildman–Crippen LogP) is 3.67. The second kappa shape index (κ2) is 46.7. The van der Waals surface area contributed by atoms with E-state index in [1.807, 2.05) is 6.92 Å². The molecule has 0 bridgehead atoms. The summed E-state index contributed by atoms with van der Waals surface area (Å²) in [5.74, 6) is -3.58. The first-order valence-corrected chi connectivity index (χ1v) is 24.8. The molecule has 1 atom stereocenters. The first-order valence-electron chi connectivity index (χ1n) is 24.8. The van der Waals surface area contributed by atoms with Crippen molar-refractivity contribution in [2.45, 2.75) is 167 Å². The van der Waals surface area contributed by atoms with Gasteiger partial charge in [0.15, 0.2) is 0 Å². The first-order chi connectivity index (χ1) is 32.4. The van der Waals surface area contributed by atoms with Crippen LogP contribution in [0.1, 0.15) is 161 Å². The number of carboxylic acid groups (broad SMARTS) is 2. The number of ether oxygens (including phenoxy) is 4. The van der Waals surface area contributed by atoms with Gasteiger partial charge in [0.2, 0.25) is 35.4 Å². The fourth-order valence-electron chi connectivity index (χ4n) is 6.50. The van der Waals surface area contributed by atoms with E-state index in [0.29, 0.717) is 52.1 Å². The smallest absolute Gasteiger partial charge is 0.326 e. The van der Waals surface area contributed by atoms with Crippen LogP contribution in [-0.2, 0) is 57.3 Å². The van der Waals surface area contributed by atoms with E-state index in [1.165, 1.54) is 44.9 Å². The molecule has 20 heteroatoms. The van der Waals surface area contributed by atoms with Crippen LogP contribution in [-0.4, -0.2) is 149 Å². The maximum atomic E-state index is 12.4. The van der Waals surface area contributed by atoms with Crippen molar-refractivity contribution >= 4 is 47.4 Å². The second-order valence-electron chi connectivity index (χ2n) is 16.5. The number of aliphatic carboxylic acids is 2. The van der Waals surface area contributed by atoms with Crippen LogP contribution in [0.3, 0.4) is 0 Å². The molecule has 6 amide bonds. The highest BCUT2D eigenvalue weighted by molar-refractivity contribution is 5.84. The van der Waals surface area contributed by atoms with Gasteiger partial charge in [-0.3, -0.25) is 33.6 Å². The molecular weight excluding hydrogens is 873 g/mol. The molecule has 0 spiro atoms. The Balaban J connectivity index is 3.71. The Morgan fingerprint density at radius 1 is 0.373 bits per heavy atom. The summed E-state index contributed by atoms with van der Waals surface area (Å²) in [7, 11) is 0. The fraction of sp³-hybridized carbons (Fsp3) is 0.830. The van der Waals surface area contributed by atoms with E-state index in [0.717, 1.165) is 57.8 Å². The number of hydrogen-bond acceptors (Lipinski definition) is 12. The zero-order chi connectivity index (χ0) is 49.4. The van der Waals surface area contributed by atoms with Crippen molar-refractivity contribution in [3.05, 3.63) is 0 Å². The monoisotopic (exact) mass is 959 g/mol. The lowest BCUT2D eigenvalue weighted by Gasteiger charge is -2.14. The largest absolute Gasteiger partial charge is 0.481 e. The van der Waals surface area contributed by atoms with Gasteiger partial charge in [-0.25, -0.2) is 4.79 Å². The highest BCUT2D eigenvalue weighted by Gasteiger charge is 2.21. The normalized spacial score (nSPS) is 11.4. The zero-order valence-electron chi connectivity index (χ0n) is 40.5. The van der Waals surface area contributed by atoms with Crippen molar-refractivity contribution in [1.82, 2.24) is 31.9 Å². The summed E-state index contributed by atoms with van der Waals surface area (Å²) in [5, 5.41) is 34.2. The average molecular weight is 959 g/mol. The van der Waals surface area contributed by atoms with Gasteiger partial charge < -0.3 is 61.1 Å². The summed E-state index contributed by atoms with van der Waals surface area (Å²) in [4.78, 5) is 94.5. The van der Waals surface area contributed by atoms with Crippen molar-refractivity contribution in [3.63, 3.8) is 0 Å². The molecule has 0 saturated carbocycles. The minimum Gasteiger partial charge on any atom is -0.481 e. The lowest BCUT2D eigenvalue weighted by molar-refractivity contribution is -0.142. The first kappa shape index (κ1) is 62.6. The molecule has 0 rings (SSSR count). The van der Waals surface area contributed by atoms with Crippen molar-refractivity contribution in [2.24, 2.45) is 0 Å². The molecule has 0 aliphatic heterocycles. The van der Waals surface area contributed by atoms with Gasteiger partial charge in [0, 0.05) is 64.8 Å². The van der Waals surface area contributed by atoms with E-state index >= 15 is 0 Å². The fourth-order valence-corrected chi connectivity index (χ4v) is 6.50. The van der Waals surface area contributed by atoms with Gasteiger partial charge in [0.05, 0.1) is 39.6 Å². The Morgan fingerprint density at radius 3 is 1.19 bits per heavy atom. The maximum Gasteiger partial charge on any atom is 0.326 e. The van der Waals surface area contributed by atoms with Gasteiger partial charge in [-0.1, -0.05) is 90.4 Å². The van der Waals surface area contributed by atoms with Crippen LogP contribution >= 0.6 is 0 Å². The van der Waals surface area contributed by atoms with E-state index in [2.05, 4.69) is 31.9 Å². The van der Waals surface area contributed by atoms with Crippen LogP contribution in [0, 0.1) is 0 Å². The maximum absolute atomic E-state index is 12.4. The molecule has 8 N–H and O–H groups in total. The summed E-state index contributed by atoms with van der Waals surface area (Å²) in [6, 6.07) is -1.23. The molecule has 0 aromatic rings. The topological polar surface area (TPSA) is 286 Å². The number of rotatable bonds is 49. The van der Waals surface area contributed by atoms with Crippen molar-refractivity contribution in [1.29, 1.82) is 0 Å². The highest BCUT2D eigenvalue weighted by Crippen LogP contribution is 2.14. The number of amides is 6. The van der Waals surface area contributed by atoms with Crippen LogP contribution < -0.4 is 31.9 Å². The molecule has 0 heterocycles. The standard InChI is InChI=1S/C47H86N6O14/c1-2-3-26-50-44(58)37-66-35-34-65-32-30-52-45(59)38-67-36-33-64-31-29-51-41(55)21-18-27-49-42(56)25-24-39(47(62)63)53-43(57)22-19-28-48-40(54)20-16-14-12-10-8-6-4-5-7-9-11-13-15-17-23-46(60)61/h39H,2-38H2,1H3,(H,48,54)(H,49,56)(H,50,58)(H,51,55)(H,52,59)(H,53,57)(H,60,61)(H,62,63)/t39-/m0/s1. The van der Waals surface area contributed by atoms with E-state index in [1.54, 1.807) is 0 Å². The van der Waals surface area contributed by atoms with Crippen molar-refractivity contribution in [2.75, 3.05) is 85.6 Å². The minimum atomic E-state index is -1.25. The molecule has 0 radical (unpaired) electrons. The zero-order valence-corrected chi connectivity index (χ0v) is 40.5. The van der Waals surface area contributed by atoms with Gasteiger partial charge in [-0.05, 0) is 38.5 Å². The highest BCUT2D eigenvalue weighted by atomic mass is 16.5. The third-order valence-corrected chi connectivity index (χ3v) is 10.3. The number of unbranched alkanes of at least 4 members (excludes halogenated alkanes) is 14. The number of carbonyl (C=O) groups is 8. The van der Waals surface area contributed by atoms with Crippen LogP contribution in [0.5, 0.6) is 0 Å². The summed E-state index contributed by atoms with van der Waals surface area (Å²) in [6.45, 7) is 5.15. The summed E-state index contributed by atoms with van der Waals surface area (Å²) in [5.41, 5.74) is 0. The molecule has 0 unspecified atom stereocenters. The van der Waals surface area contributed by atoms with Crippen molar-refractivity contribution in [3.8, 4) is 0 Å². The van der Waals surface area contributed by atoms with Crippen LogP contribution in [0.15, 0.2) is 0 Å². The molecule has 0 aromatic heterocycles. The van der Waals surface area contributed by atoms with Crippen LogP contribution in [0.4, 0.5) is 0 Å². The van der Waals surface area contributed by atoms with Gasteiger partial charge in [-0.2, -0.15) is 0 Å². The van der Waals surface area contributed by atoms with Crippen LogP contribution in [0.2, 0.25) is 0 Å². The third kappa shape index (κ3) is 46.5. The number of nitrogens with one attached hydrogen (secondary N) is 6. The summed E-state index contributed by atoms with van der Waals surface area (Å²) in [6.07, 6.45) is 18.9. The van der Waals surface area contributed by atoms with Crippen molar-refractivity contribution < 1.29 is 67.5 Å². The predicted molar refractivity (Wildman–Crippen MR) is 252 cm³/mol. The molecule has 20 nitrogen and oxygen atoms in total. The van der Waals surface area contributed by atoms with E-state index < -0.39 is 29.8 Å². The summed E-state index contributed by atoms with van der Waals surface area (Å²) >= 11 is 0. The Labute approximate surface area is 398 Å². The van der Waals surface area contributed by atoms with E-state index in [9.17, 15) is 43.5 Å². The SMILES string of the molecule is CCCCNC(=O)COCCOCCNC(=O)COCCOCCNC(=O)CCCNC(=O)CC[C@H](NC(=O)CCCNC(=O)CCCCCCCCCCCCCCCCC(=O)O)C(=O)O. The molecule has 0 fully saturated rings. The lowest BCUT2D eigenvalue weighted by Crippen LogP contribution is -2.41. The average Bonchev–Trinajstić information content (AvgIpc) is 3.29. The molecule has 67 heavy (non-hydrogen) atoms.